The number of nitrogens with zero attached hydrogens (tertiary/aromatic N) is 1. The van der Waals surface area contributed by atoms with Crippen LogP contribution >= 0.6 is 0 Å². The first-order valence-electron chi connectivity index (χ1n) is 7.32. The summed E-state index contributed by atoms with van der Waals surface area (Å²) in [4.78, 5) is 8.02. The molecule has 0 spiro atoms. The van der Waals surface area contributed by atoms with Gasteiger partial charge in [-0.3, -0.25) is 0 Å². The highest BCUT2D eigenvalue weighted by molar-refractivity contribution is 5.12. The Bertz CT molecular complexity index is 302. The fourth-order valence-electron chi connectivity index (χ4n) is 2.28. The van der Waals surface area contributed by atoms with Crippen LogP contribution in [0.15, 0.2) is 0 Å². The van der Waals surface area contributed by atoms with Gasteiger partial charge in [-0.15, -0.1) is 0 Å². The van der Waals surface area contributed by atoms with Crippen molar-refractivity contribution in [2.75, 3.05) is 0 Å². The number of aromatic amines is 1. The van der Waals surface area contributed by atoms with E-state index in [-0.39, 0.29) is 0 Å². The van der Waals surface area contributed by atoms with Gasteiger partial charge < -0.3 is 4.98 Å². The number of H-pyrrole nitrogens is 1. The summed E-state index contributed by atoms with van der Waals surface area (Å²) in [6.07, 6.45) is 11.7. The molecule has 1 N–H and O–H groups in total. The lowest BCUT2D eigenvalue weighted by Gasteiger charge is -1.99. The molecule has 0 atom stereocenters. The van der Waals surface area contributed by atoms with E-state index in [1.54, 1.807) is 0 Å². The zero-order valence-corrected chi connectivity index (χ0v) is 11.8. The molecule has 2 heteroatoms. The zero-order valence-electron chi connectivity index (χ0n) is 11.8. The van der Waals surface area contributed by atoms with Crippen LogP contribution in [0.1, 0.15) is 76.0 Å². The molecule has 1 aromatic heterocycles. The van der Waals surface area contributed by atoms with Crippen molar-refractivity contribution in [3.63, 3.8) is 0 Å². The zero-order chi connectivity index (χ0) is 12.5. The second-order valence-electron chi connectivity index (χ2n) is 4.98. The van der Waals surface area contributed by atoms with Crippen LogP contribution in [0.25, 0.3) is 0 Å². The second kappa shape index (κ2) is 8.32. The van der Waals surface area contributed by atoms with Crippen LogP contribution in [0.4, 0.5) is 0 Å². The molecule has 0 saturated carbocycles. The van der Waals surface area contributed by atoms with Crippen LogP contribution < -0.4 is 0 Å². The largest absolute Gasteiger partial charge is 0.346 e. The summed E-state index contributed by atoms with van der Waals surface area (Å²) in [7, 11) is 0. The molecule has 0 bridgehead atoms. The summed E-state index contributed by atoms with van der Waals surface area (Å²) in [6.45, 7) is 6.56. The Hall–Kier alpha value is -0.790. The van der Waals surface area contributed by atoms with Crippen molar-refractivity contribution in [2.24, 2.45) is 0 Å². The summed E-state index contributed by atoms with van der Waals surface area (Å²) < 4.78 is 0. The molecule has 2 nitrogen and oxygen atoms in total. The normalized spacial score (nSPS) is 11.0. The van der Waals surface area contributed by atoms with E-state index in [0.717, 1.165) is 12.8 Å². The number of hydrogen-bond donors (Lipinski definition) is 1. The molecule has 1 heterocycles. The fourth-order valence-corrected chi connectivity index (χ4v) is 2.28. The van der Waals surface area contributed by atoms with E-state index in [9.17, 15) is 0 Å². The minimum Gasteiger partial charge on any atom is -0.346 e. The third-order valence-corrected chi connectivity index (χ3v) is 3.39. The molecular weight excluding hydrogens is 208 g/mol. The maximum atomic E-state index is 4.62. The number of hydrogen-bond acceptors (Lipinski definition) is 1. The number of imidazole rings is 1. The lowest BCUT2D eigenvalue weighted by Crippen LogP contribution is -1.89. The Morgan fingerprint density at radius 3 is 2.18 bits per heavy atom. The van der Waals surface area contributed by atoms with Crippen molar-refractivity contribution in [2.45, 2.75) is 78.6 Å². The standard InChI is InChI=1S/C15H28N2/c1-4-6-7-8-9-10-11-12-15-16-13(3)14(5-2)17-15/h4-12H2,1-3H3,(H,16,17). The molecule has 98 valence electrons. The van der Waals surface area contributed by atoms with Crippen molar-refractivity contribution < 1.29 is 0 Å². The van der Waals surface area contributed by atoms with Crippen molar-refractivity contribution in [3.8, 4) is 0 Å². The van der Waals surface area contributed by atoms with Crippen molar-refractivity contribution in [3.05, 3.63) is 17.2 Å². The Balaban J connectivity index is 2.09. The maximum absolute atomic E-state index is 4.62. The Morgan fingerprint density at radius 1 is 0.941 bits per heavy atom. The second-order valence-corrected chi connectivity index (χ2v) is 4.98. The van der Waals surface area contributed by atoms with Crippen LogP contribution in [0.5, 0.6) is 0 Å². The van der Waals surface area contributed by atoms with Gasteiger partial charge in [-0.25, -0.2) is 4.98 Å². The van der Waals surface area contributed by atoms with Crippen LogP contribution in [0.3, 0.4) is 0 Å². The minimum atomic E-state index is 1.04. The predicted molar refractivity (Wildman–Crippen MR) is 74.4 cm³/mol. The molecule has 0 aliphatic rings. The highest BCUT2D eigenvalue weighted by Crippen LogP contribution is 2.11. The molecule has 0 aliphatic heterocycles. The average molecular weight is 236 g/mol. The highest BCUT2D eigenvalue weighted by atomic mass is 14.9. The number of unbranched alkanes of at least 4 members (excludes halogenated alkanes) is 6. The van der Waals surface area contributed by atoms with Gasteiger partial charge in [0.1, 0.15) is 5.82 Å². The van der Waals surface area contributed by atoms with Gasteiger partial charge in [0.05, 0.1) is 5.69 Å². The van der Waals surface area contributed by atoms with Crippen molar-refractivity contribution in [1.82, 2.24) is 9.97 Å². The lowest BCUT2D eigenvalue weighted by molar-refractivity contribution is 0.585. The third kappa shape index (κ3) is 5.38. The Labute approximate surface area is 106 Å². The van der Waals surface area contributed by atoms with E-state index < -0.39 is 0 Å². The van der Waals surface area contributed by atoms with Crippen LogP contribution in [0, 0.1) is 6.92 Å². The molecule has 1 aromatic rings. The predicted octanol–water partition coefficient (Wildman–Crippen LogP) is 4.57. The van der Waals surface area contributed by atoms with Gasteiger partial charge in [0.2, 0.25) is 0 Å². The molecule has 0 aromatic carbocycles. The fraction of sp³-hybridized carbons (Fsp3) is 0.800. The first kappa shape index (κ1) is 14.3. The number of nitrogens with one attached hydrogen (secondary N) is 1. The quantitative estimate of drug-likeness (QED) is 0.625. The monoisotopic (exact) mass is 236 g/mol. The number of aromatic nitrogens is 2. The third-order valence-electron chi connectivity index (χ3n) is 3.39. The van der Waals surface area contributed by atoms with Gasteiger partial charge in [0.25, 0.3) is 0 Å². The van der Waals surface area contributed by atoms with E-state index in [1.807, 2.05) is 0 Å². The average Bonchev–Trinajstić information content (AvgIpc) is 2.68. The van der Waals surface area contributed by atoms with Crippen LogP contribution in [-0.4, -0.2) is 9.97 Å². The first-order chi connectivity index (χ1) is 8.27. The van der Waals surface area contributed by atoms with Gasteiger partial charge in [-0.1, -0.05) is 52.4 Å². The summed E-state index contributed by atoms with van der Waals surface area (Å²) in [5.74, 6) is 1.19. The minimum absolute atomic E-state index is 1.04. The lowest BCUT2D eigenvalue weighted by atomic mass is 10.1. The summed E-state index contributed by atoms with van der Waals surface area (Å²) in [5, 5.41) is 0. The molecular formula is C15H28N2. The van der Waals surface area contributed by atoms with E-state index in [0.29, 0.717) is 0 Å². The first-order valence-corrected chi connectivity index (χ1v) is 7.32. The van der Waals surface area contributed by atoms with Crippen LogP contribution in [0.2, 0.25) is 0 Å². The van der Waals surface area contributed by atoms with Crippen LogP contribution in [-0.2, 0) is 12.8 Å². The highest BCUT2D eigenvalue weighted by Gasteiger charge is 2.03. The SMILES string of the molecule is CCCCCCCCCc1nc(CC)c(C)[nH]1. The smallest absolute Gasteiger partial charge is 0.106 e. The van der Waals surface area contributed by atoms with Crippen molar-refractivity contribution in [1.29, 1.82) is 0 Å². The molecule has 1 rings (SSSR count). The molecule has 0 aliphatic carbocycles. The van der Waals surface area contributed by atoms with Gasteiger partial charge in [0.15, 0.2) is 0 Å². The molecule has 0 radical (unpaired) electrons. The van der Waals surface area contributed by atoms with E-state index in [1.165, 1.54) is 62.2 Å². The Morgan fingerprint density at radius 2 is 1.59 bits per heavy atom. The van der Waals surface area contributed by atoms with Gasteiger partial charge in [-0.2, -0.15) is 0 Å². The summed E-state index contributed by atoms with van der Waals surface area (Å²) in [6, 6.07) is 0. The van der Waals surface area contributed by atoms with E-state index >= 15 is 0 Å². The molecule has 0 unspecified atom stereocenters. The van der Waals surface area contributed by atoms with Gasteiger partial charge >= 0.3 is 0 Å². The van der Waals surface area contributed by atoms with E-state index in [4.69, 9.17) is 0 Å². The Kier molecular flexibility index (Phi) is 6.99. The summed E-state index contributed by atoms with van der Waals surface area (Å²) >= 11 is 0. The van der Waals surface area contributed by atoms with Crippen molar-refractivity contribution >= 4 is 0 Å². The van der Waals surface area contributed by atoms with Gasteiger partial charge in [-0.05, 0) is 19.8 Å². The molecule has 0 fully saturated rings. The number of rotatable bonds is 9. The van der Waals surface area contributed by atoms with E-state index in [2.05, 4.69) is 30.7 Å². The molecule has 17 heavy (non-hydrogen) atoms. The maximum Gasteiger partial charge on any atom is 0.106 e. The molecule has 0 amide bonds. The number of aryl methyl sites for hydroxylation is 3. The molecule has 0 saturated heterocycles. The summed E-state index contributed by atoms with van der Waals surface area (Å²) in [5.41, 5.74) is 2.49. The van der Waals surface area contributed by atoms with Gasteiger partial charge in [0, 0.05) is 12.1 Å². The topological polar surface area (TPSA) is 28.7 Å².